The number of hydrogen-bond donors (Lipinski definition) is 1. The second-order valence-corrected chi connectivity index (χ2v) is 5.80. The molecule has 1 N–H and O–H groups in total. The van der Waals surface area contributed by atoms with E-state index < -0.39 is 0 Å². The Bertz CT molecular complexity index is 848. The predicted octanol–water partition coefficient (Wildman–Crippen LogP) is 2.02. The highest BCUT2D eigenvalue weighted by Gasteiger charge is 2.24. The lowest BCUT2D eigenvalue weighted by Crippen LogP contribution is -2.48. The highest BCUT2D eigenvalue weighted by molar-refractivity contribution is 6.04. The number of aromatic nitrogens is 3. The fourth-order valence-electron chi connectivity index (χ4n) is 3.06. The topological polar surface area (TPSA) is 84.2 Å². The highest BCUT2D eigenvalue weighted by atomic mass is 16.3. The minimum absolute atomic E-state index is 0.0408. The summed E-state index contributed by atoms with van der Waals surface area (Å²) in [5.41, 5.74) is 1.06. The van der Waals surface area contributed by atoms with E-state index in [-0.39, 0.29) is 11.9 Å². The van der Waals surface area contributed by atoms with E-state index in [2.05, 4.69) is 25.2 Å². The molecule has 3 aromatic rings. The van der Waals surface area contributed by atoms with Gasteiger partial charge in [0.25, 0.3) is 5.91 Å². The lowest BCUT2D eigenvalue weighted by Gasteiger charge is -2.33. The van der Waals surface area contributed by atoms with Gasteiger partial charge >= 0.3 is 0 Å². The van der Waals surface area contributed by atoms with Crippen molar-refractivity contribution in [3.63, 3.8) is 0 Å². The van der Waals surface area contributed by atoms with Crippen molar-refractivity contribution in [2.45, 2.75) is 18.9 Å². The quantitative estimate of drug-likeness (QED) is 0.794. The number of nitrogens with zero attached hydrogens (tertiary/aromatic N) is 4. The van der Waals surface area contributed by atoms with Crippen molar-refractivity contribution in [1.82, 2.24) is 20.3 Å². The Balaban J connectivity index is 1.48. The fourth-order valence-corrected chi connectivity index (χ4v) is 3.06. The molecule has 0 aliphatic carbocycles. The molecule has 0 bridgehead atoms. The zero-order valence-electron chi connectivity index (χ0n) is 13.1. The van der Waals surface area contributed by atoms with Gasteiger partial charge in [0, 0.05) is 37.7 Å². The Morgan fingerprint density at radius 1 is 1.21 bits per heavy atom. The van der Waals surface area contributed by atoms with Crippen LogP contribution in [0.3, 0.4) is 0 Å². The SMILES string of the molecule is O=C(NC1CCCN(c2ncccn2)C1)c1nccc2occc12. The largest absolute Gasteiger partial charge is 0.464 e. The Morgan fingerprint density at radius 2 is 2.08 bits per heavy atom. The molecule has 0 aromatic carbocycles. The maximum absolute atomic E-state index is 12.6. The number of furan rings is 1. The van der Waals surface area contributed by atoms with E-state index in [4.69, 9.17) is 4.42 Å². The fraction of sp³-hybridized carbons (Fsp3) is 0.294. The molecule has 1 fully saturated rings. The first-order valence-electron chi connectivity index (χ1n) is 7.96. The van der Waals surface area contributed by atoms with Crippen LogP contribution >= 0.6 is 0 Å². The number of carbonyl (C=O) groups excluding carboxylic acids is 1. The Kier molecular flexibility index (Phi) is 3.82. The molecule has 7 nitrogen and oxygen atoms in total. The Hall–Kier alpha value is -2.96. The van der Waals surface area contributed by atoms with Gasteiger partial charge in [0.2, 0.25) is 5.95 Å². The first kappa shape index (κ1) is 14.6. The van der Waals surface area contributed by atoms with Crippen LogP contribution in [0.25, 0.3) is 11.0 Å². The first-order chi connectivity index (χ1) is 11.8. The van der Waals surface area contributed by atoms with Gasteiger partial charge in [-0.3, -0.25) is 9.78 Å². The summed E-state index contributed by atoms with van der Waals surface area (Å²) in [6, 6.07) is 5.35. The Labute approximate surface area is 138 Å². The average molecular weight is 323 g/mol. The van der Waals surface area contributed by atoms with Crippen molar-refractivity contribution in [2.24, 2.45) is 0 Å². The lowest BCUT2D eigenvalue weighted by molar-refractivity contribution is 0.0930. The number of nitrogens with one attached hydrogen (secondary N) is 1. The number of carbonyl (C=O) groups is 1. The summed E-state index contributed by atoms with van der Waals surface area (Å²) in [6.45, 7) is 1.59. The Morgan fingerprint density at radius 3 is 2.96 bits per heavy atom. The number of hydrogen-bond acceptors (Lipinski definition) is 6. The van der Waals surface area contributed by atoms with E-state index in [1.165, 1.54) is 0 Å². The van der Waals surface area contributed by atoms with Crippen molar-refractivity contribution in [1.29, 1.82) is 0 Å². The van der Waals surface area contributed by atoms with Gasteiger partial charge in [0.05, 0.1) is 11.6 Å². The van der Waals surface area contributed by atoms with Gasteiger partial charge in [0.1, 0.15) is 11.3 Å². The average Bonchev–Trinajstić information content (AvgIpc) is 3.11. The normalized spacial score (nSPS) is 17.8. The van der Waals surface area contributed by atoms with Gasteiger partial charge in [-0.05, 0) is 31.0 Å². The number of amides is 1. The van der Waals surface area contributed by atoms with E-state index >= 15 is 0 Å². The van der Waals surface area contributed by atoms with Crippen molar-refractivity contribution < 1.29 is 9.21 Å². The molecule has 4 rings (SSSR count). The minimum atomic E-state index is -0.178. The molecule has 1 atom stereocenters. The van der Waals surface area contributed by atoms with Gasteiger partial charge in [-0.2, -0.15) is 0 Å². The molecule has 24 heavy (non-hydrogen) atoms. The molecule has 0 spiro atoms. The second kappa shape index (κ2) is 6.27. The van der Waals surface area contributed by atoms with Gasteiger partial charge in [-0.15, -0.1) is 0 Å². The van der Waals surface area contributed by atoms with Crippen LogP contribution in [0.15, 0.2) is 47.5 Å². The molecule has 1 amide bonds. The molecule has 1 unspecified atom stereocenters. The summed E-state index contributed by atoms with van der Waals surface area (Å²) in [7, 11) is 0. The second-order valence-electron chi connectivity index (χ2n) is 5.80. The summed E-state index contributed by atoms with van der Waals surface area (Å²) >= 11 is 0. The van der Waals surface area contributed by atoms with Gasteiger partial charge in [-0.1, -0.05) is 0 Å². The molecule has 7 heteroatoms. The molecule has 0 radical (unpaired) electrons. The molecule has 4 heterocycles. The lowest BCUT2D eigenvalue weighted by atomic mass is 10.1. The molecule has 1 aliphatic heterocycles. The number of pyridine rings is 1. The molecule has 0 saturated carbocycles. The van der Waals surface area contributed by atoms with E-state index in [1.807, 2.05) is 0 Å². The third kappa shape index (κ3) is 2.80. The molecule has 1 aliphatic rings. The van der Waals surface area contributed by atoms with E-state index in [1.54, 1.807) is 43.1 Å². The van der Waals surface area contributed by atoms with E-state index in [0.29, 0.717) is 23.8 Å². The maximum atomic E-state index is 12.6. The zero-order chi connectivity index (χ0) is 16.4. The van der Waals surface area contributed by atoms with E-state index in [0.717, 1.165) is 24.8 Å². The minimum Gasteiger partial charge on any atom is -0.464 e. The maximum Gasteiger partial charge on any atom is 0.270 e. The number of rotatable bonds is 3. The van der Waals surface area contributed by atoms with Crippen molar-refractivity contribution in [2.75, 3.05) is 18.0 Å². The van der Waals surface area contributed by atoms with Crippen LogP contribution in [0.2, 0.25) is 0 Å². The molecule has 122 valence electrons. The zero-order valence-corrected chi connectivity index (χ0v) is 13.1. The van der Waals surface area contributed by atoms with Crippen LogP contribution in [0.4, 0.5) is 5.95 Å². The summed E-state index contributed by atoms with van der Waals surface area (Å²) in [6.07, 6.45) is 8.52. The summed E-state index contributed by atoms with van der Waals surface area (Å²) in [4.78, 5) is 27.5. The van der Waals surface area contributed by atoms with Crippen LogP contribution in [0, 0.1) is 0 Å². The summed E-state index contributed by atoms with van der Waals surface area (Å²) in [5, 5.41) is 3.81. The monoisotopic (exact) mass is 323 g/mol. The highest BCUT2D eigenvalue weighted by Crippen LogP contribution is 2.19. The summed E-state index contributed by atoms with van der Waals surface area (Å²) in [5.74, 6) is 0.523. The van der Waals surface area contributed by atoms with Crippen molar-refractivity contribution in [3.8, 4) is 0 Å². The third-order valence-electron chi connectivity index (χ3n) is 4.19. The summed E-state index contributed by atoms with van der Waals surface area (Å²) < 4.78 is 5.33. The van der Waals surface area contributed by atoms with Gasteiger partial charge < -0.3 is 14.6 Å². The van der Waals surface area contributed by atoms with Crippen LogP contribution in [0.5, 0.6) is 0 Å². The predicted molar refractivity (Wildman–Crippen MR) is 88.7 cm³/mol. The molecular formula is C17H17N5O2. The standard InChI is InChI=1S/C17H17N5O2/c23-16(15-13-5-10-24-14(13)4-8-18-15)21-12-3-1-9-22(11-12)17-19-6-2-7-20-17/h2,4-8,10,12H,1,3,9,11H2,(H,21,23). The van der Waals surface area contributed by atoms with Gasteiger partial charge in [-0.25, -0.2) is 9.97 Å². The molecule has 1 saturated heterocycles. The first-order valence-corrected chi connectivity index (χ1v) is 7.96. The van der Waals surface area contributed by atoms with E-state index in [9.17, 15) is 4.79 Å². The smallest absolute Gasteiger partial charge is 0.270 e. The van der Waals surface area contributed by atoms with Crippen LogP contribution < -0.4 is 10.2 Å². The van der Waals surface area contributed by atoms with Crippen LogP contribution in [-0.2, 0) is 0 Å². The molecule has 3 aromatic heterocycles. The van der Waals surface area contributed by atoms with Gasteiger partial charge in [0.15, 0.2) is 0 Å². The number of piperidine rings is 1. The third-order valence-corrected chi connectivity index (χ3v) is 4.19. The van der Waals surface area contributed by atoms with Crippen LogP contribution in [-0.4, -0.2) is 40.0 Å². The van der Waals surface area contributed by atoms with Crippen LogP contribution in [0.1, 0.15) is 23.3 Å². The van der Waals surface area contributed by atoms with Crippen molar-refractivity contribution >= 4 is 22.8 Å². The number of anilines is 1. The van der Waals surface area contributed by atoms with Crippen molar-refractivity contribution in [3.05, 3.63) is 48.7 Å². The molecular weight excluding hydrogens is 306 g/mol. The number of fused-ring (bicyclic) bond motifs is 1.